The summed E-state index contributed by atoms with van der Waals surface area (Å²) < 4.78 is 0.542. The van der Waals surface area contributed by atoms with Gasteiger partial charge in [-0.25, -0.2) is 0 Å². The molecule has 0 aromatic heterocycles. The Balaban J connectivity index is 2.06. The Morgan fingerprint density at radius 3 is 2.64 bits per heavy atom. The first kappa shape index (κ1) is 15.2. The minimum Gasteiger partial charge on any atom is -0.311 e. The van der Waals surface area contributed by atoms with E-state index in [-0.39, 0.29) is 11.8 Å². The average molecular weight is 332 g/mol. The first-order chi connectivity index (χ1) is 10.6. The van der Waals surface area contributed by atoms with Gasteiger partial charge in [0.25, 0.3) is 11.8 Å². The van der Waals surface area contributed by atoms with Crippen LogP contribution in [0.1, 0.15) is 25.3 Å². The van der Waals surface area contributed by atoms with Crippen molar-refractivity contribution in [3.63, 3.8) is 0 Å². The van der Waals surface area contributed by atoms with E-state index in [1.54, 1.807) is 16.8 Å². The lowest BCUT2D eigenvalue weighted by molar-refractivity contribution is -0.122. The Morgan fingerprint density at radius 1 is 1.18 bits per heavy atom. The fourth-order valence-corrected chi connectivity index (χ4v) is 4.03. The van der Waals surface area contributed by atoms with Gasteiger partial charge >= 0.3 is 0 Å². The number of rotatable bonds is 3. The van der Waals surface area contributed by atoms with Crippen LogP contribution in [0.4, 0.5) is 5.69 Å². The van der Waals surface area contributed by atoms with E-state index in [2.05, 4.69) is 6.92 Å². The van der Waals surface area contributed by atoms with Crippen molar-refractivity contribution in [1.82, 2.24) is 4.90 Å². The van der Waals surface area contributed by atoms with Gasteiger partial charge in [0, 0.05) is 19.2 Å². The minimum atomic E-state index is -0.142. The van der Waals surface area contributed by atoms with E-state index in [1.807, 2.05) is 24.3 Å². The van der Waals surface area contributed by atoms with E-state index in [0.717, 1.165) is 24.1 Å². The number of carbonyl (C=O) groups excluding carboxylic acids is 2. The number of fused-ring (bicyclic) bond motifs is 1. The topological polar surface area (TPSA) is 40.6 Å². The highest BCUT2D eigenvalue weighted by molar-refractivity contribution is 8.26. The molecule has 2 aliphatic heterocycles. The molecular formula is C16H16N2O2S2. The Morgan fingerprint density at radius 2 is 1.91 bits per heavy atom. The molecule has 0 spiro atoms. The van der Waals surface area contributed by atoms with Gasteiger partial charge in [0.2, 0.25) is 0 Å². The Hall–Kier alpha value is -1.66. The van der Waals surface area contributed by atoms with Crippen molar-refractivity contribution in [2.75, 3.05) is 18.5 Å². The highest BCUT2D eigenvalue weighted by Crippen LogP contribution is 2.43. The number of unbranched alkanes of at least 4 members (excludes halogenated alkanes) is 1. The molecule has 0 unspecified atom stereocenters. The summed E-state index contributed by atoms with van der Waals surface area (Å²) in [6, 6.07) is 7.53. The molecule has 114 valence electrons. The number of thiocarbonyl (C=S) groups is 1. The predicted octanol–water partition coefficient (Wildman–Crippen LogP) is 3.03. The van der Waals surface area contributed by atoms with Crippen molar-refractivity contribution in [2.24, 2.45) is 0 Å². The molecule has 1 aromatic rings. The third-order valence-corrected chi connectivity index (χ3v) is 5.31. The molecule has 0 N–H and O–H groups in total. The van der Waals surface area contributed by atoms with Gasteiger partial charge in [-0.05, 0) is 12.5 Å². The summed E-state index contributed by atoms with van der Waals surface area (Å²) in [5, 5.41) is 0. The quantitative estimate of drug-likeness (QED) is 0.630. The standard InChI is InChI=1S/C16H16N2O2S2/c1-3-4-9-18-15(20)13(22-16(18)21)12-10-7-5-6-8-11(10)17(2)14(12)19/h5-8H,3-4,9H2,1-2H3/b13-12+. The number of hydrogen-bond acceptors (Lipinski definition) is 4. The minimum absolute atomic E-state index is 0.141. The van der Waals surface area contributed by atoms with Gasteiger partial charge in [0.15, 0.2) is 0 Å². The Bertz CT molecular complexity index is 712. The summed E-state index contributed by atoms with van der Waals surface area (Å²) in [6.45, 7) is 2.69. The maximum atomic E-state index is 12.7. The molecule has 0 saturated carbocycles. The number of benzene rings is 1. The van der Waals surface area contributed by atoms with Crippen molar-refractivity contribution < 1.29 is 9.59 Å². The lowest BCUT2D eigenvalue weighted by Gasteiger charge is -2.13. The molecule has 6 heteroatoms. The molecule has 2 heterocycles. The van der Waals surface area contributed by atoms with Gasteiger partial charge in [0.05, 0.1) is 16.2 Å². The number of hydrogen-bond donors (Lipinski definition) is 0. The van der Waals surface area contributed by atoms with Crippen LogP contribution in [0, 0.1) is 0 Å². The smallest absolute Gasteiger partial charge is 0.267 e. The SMILES string of the molecule is CCCCN1C(=O)/C(=C2\C(=O)N(C)c3ccccc32)SC1=S. The van der Waals surface area contributed by atoms with Crippen molar-refractivity contribution in [3.05, 3.63) is 34.7 Å². The molecular weight excluding hydrogens is 316 g/mol. The van der Waals surface area contributed by atoms with Crippen LogP contribution in [0.5, 0.6) is 0 Å². The van der Waals surface area contributed by atoms with E-state index in [4.69, 9.17) is 12.2 Å². The molecule has 0 bridgehead atoms. The Labute approximate surface area is 139 Å². The predicted molar refractivity (Wildman–Crippen MR) is 93.6 cm³/mol. The fourth-order valence-electron chi connectivity index (χ4n) is 2.65. The second-order valence-electron chi connectivity index (χ2n) is 5.26. The molecule has 0 radical (unpaired) electrons. The van der Waals surface area contributed by atoms with Crippen LogP contribution in [0.3, 0.4) is 0 Å². The van der Waals surface area contributed by atoms with Crippen LogP contribution in [-0.2, 0) is 9.59 Å². The van der Waals surface area contributed by atoms with Crippen LogP contribution < -0.4 is 4.90 Å². The molecule has 1 fully saturated rings. The summed E-state index contributed by atoms with van der Waals surface area (Å²) in [5.41, 5.74) is 2.13. The molecule has 0 aliphatic carbocycles. The molecule has 1 aromatic carbocycles. The van der Waals surface area contributed by atoms with Gasteiger partial charge in [-0.15, -0.1) is 0 Å². The number of thioether (sulfide) groups is 1. The first-order valence-corrected chi connectivity index (χ1v) is 8.44. The third kappa shape index (κ3) is 2.27. The van der Waals surface area contributed by atoms with Gasteiger partial charge < -0.3 is 4.90 Å². The number of anilines is 1. The van der Waals surface area contributed by atoms with Crippen molar-refractivity contribution in [2.45, 2.75) is 19.8 Å². The first-order valence-electron chi connectivity index (χ1n) is 7.21. The maximum Gasteiger partial charge on any atom is 0.267 e. The summed E-state index contributed by atoms with van der Waals surface area (Å²) >= 11 is 6.56. The highest BCUT2D eigenvalue weighted by Gasteiger charge is 2.40. The molecule has 0 atom stereocenters. The van der Waals surface area contributed by atoms with Crippen molar-refractivity contribution in [3.8, 4) is 0 Å². The van der Waals surface area contributed by atoms with Crippen LogP contribution in [0.25, 0.3) is 5.57 Å². The van der Waals surface area contributed by atoms with Crippen LogP contribution in [-0.4, -0.2) is 34.6 Å². The van der Waals surface area contributed by atoms with Crippen LogP contribution in [0.2, 0.25) is 0 Å². The van der Waals surface area contributed by atoms with Gasteiger partial charge in [-0.3, -0.25) is 14.5 Å². The van der Waals surface area contributed by atoms with Gasteiger partial charge in [-0.2, -0.15) is 0 Å². The third-order valence-electron chi connectivity index (χ3n) is 3.86. The number of amides is 2. The summed E-state index contributed by atoms with van der Waals surface area (Å²) in [7, 11) is 1.73. The molecule has 2 aliphatic rings. The monoisotopic (exact) mass is 332 g/mol. The van der Waals surface area contributed by atoms with Crippen molar-refractivity contribution >= 4 is 51.4 Å². The fraction of sp³-hybridized carbons (Fsp3) is 0.312. The average Bonchev–Trinajstić information content (AvgIpc) is 2.93. The number of nitrogens with zero attached hydrogens (tertiary/aromatic N) is 2. The number of para-hydroxylation sites is 1. The zero-order valence-electron chi connectivity index (χ0n) is 12.5. The van der Waals surface area contributed by atoms with E-state index in [0.29, 0.717) is 21.3 Å². The second kappa shape index (κ2) is 5.85. The highest BCUT2D eigenvalue weighted by atomic mass is 32.2. The van der Waals surface area contributed by atoms with Crippen molar-refractivity contribution in [1.29, 1.82) is 0 Å². The van der Waals surface area contributed by atoms with Gasteiger partial charge in [0.1, 0.15) is 4.32 Å². The zero-order valence-corrected chi connectivity index (χ0v) is 14.1. The Kier molecular flexibility index (Phi) is 4.06. The van der Waals surface area contributed by atoms with Gasteiger partial charge in [-0.1, -0.05) is 55.5 Å². The largest absolute Gasteiger partial charge is 0.311 e. The molecule has 1 saturated heterocycles. The lowest BCUT2D eigenvalue weighted by Crippen LogP contribution is -2.29. The van der Waals surface area contributed by atoms with Crippen LogP contribution in [0.15, 0.2) is 29.2 Å². The normalized spacial score (nSPS) is 21.1. The lowest BCUT2D eigenvalue weighted by atomic mass is 10.1. The molecule has 2 amide bonds. The zero-order chi connectivity index (χ0) is 15.9. The van der Waals surface area contributed by atoms with E-state index < -0.39 is 0 Å². The van der Waals surface area contributed by atoms with E-state index in [1.165, 1.54) is 11.8 Å². The van der Waals surface area contributed by atoms with Crippen LogP contribution >= 0.6 is 24.0 Å². The molecule has 3 rings (SSSR count). The summed E-state index contributed by atoms with van der Waals surface area (Å²) in [5.74, 6) is -0.283. The summed E-state index contributed by atoms with van der Waals surface area (Å²) in [6.07, 6.45) is 1.90. The van der Waals surface area contributed by atoms with E-state index in [9.17, 15) is 9.59 Å². The van der Waals surface area contributed by atoms with E-state index >= 15 is 0 Å². The summed E-state index contributed by atoms with van der Waals surface area (Å²) in [4.78, 5) is 28.9. The number of likely N-dealkylation sites (N-methyl/N-ethyl adjacent to an activating group) is 1. The number of carbonyl (C=O) groups is 2. The molecule has 4 nitrogen and oxygen atoms in total. The second-order valence-corrected chi connectivity index (χ2v) is 6.91. The molecule has 22 heavy (non-hydrogen) atoms. The maximum absolute atomic E-state index is 12.7.